The number of aromatic amines is 2. The summed E-state index contributed by atoms with van der Waals surface area (Å²) < 4.78 is 0. The number of nitrogens with one attached hydrogen (secondary N) is 2. The van der Waals surface area contributed by atoms with Crippen molar-refractivity contribution in [1.29, 1.82) is 0 Å². The van der Waals surface area contributed by atoms with Gasteiger partial charge in [-0.15, -0.1) is 0 Å². The van der Waals surface area contributed by atoms with Crippen molar-refractivity contribution in [3.05, 3.63) is 61.2 Å². The van der Waals surface area contributed by atoms with Gasteiger partial charge >= 0.3 is 40.3 Å². The molecule has 2 heterocycles. The minimum atomic E-state index is -0.925. The summed E-state index contributed by atoms with van der Waals surface area (Å²) in [5.74, 6) is -4.80. The number of unbranched alkanes of at least 4 members (excludes halogenated alkanes) is 12. The molecule has 0 bridgehead atoms. The van der Waals surface area contributed by atoms with E-state index in [9.17, 15) is 44.1 Å². The Morgan fingerprint density at radius 2 is 0.511 bits per heavy atom. The normalized spacial score (nSPS) is 11.1. The summed E-state index contributed by atoms with van der Waals surface area (Å²) in [6.07, 6.45) is 29.8. The number of aromatic nitrogens is 4. The van der Waals surface area contributed by atoms with Gasteiger partial charge in [-0.25, -0.2) is 9.97 Å². The molecular formula is C74H129Au2N4O12. The van der Waals surface area contributed by atoms with Gasteiger partial charge in [-0.1, -0.05) is 226 Å². The van der Waals surface area contributed by atoms with E-state index < -0.39 is 35.8 Å². The number of imidazole rings is 2. The Bertz CT molecular complexity index is 2040. The first-order valence-corrected chi connectivity index (χ1v) is 33.4. The van der Waals surface area contributed by atoms with Crippen molar-refractivity contribution >= 4 is 57.9 Å². The molecule has 5 N–H and O–H groups in total. The molecule has 0 aliphatic carbocycles. The van der Waals surface area contributed by atoms with Crippen molar-refractivity contribution in [2.24, 2.45) is 32.5 Å². The molecule has 0 fully saturated rings. The van der Waals surface area contributed by atoms with E-state index >= 15 is 0 Å². The smallest absolute Gasteiger partial charge is 0.550 e. The van der Waals surface area contributed by atoms with E-state index in [1.807, 2.05) is 48.5 Å². The second-order valence-corrected chi connectivity index (χ2v) is 30.9. The number of benzene rings is 2. The second kappa shape index (κ2) is 57.0. The molecule has 18 heteroatoms. The van der Waals surface area contributed by atoms with Crippen molar-refractivity contribution < 1.29 is 104 Å². The Morgan fingerprint density at radius 1 is 0.326 bits per heavy atom. The molecule has 0 saturated heterocycles. The largest absolute Gasteiger partial charge is 3.00 e. The fraction of sp³-hybridized carbons (Fsp3) is 0.730. The Morgan fingerprint density at radius 3 is 0.674 bits per heavy atom. The number of H-pyrrole nitrogens is 2. The molecule has 0 aliphatic rings. The van der Waals surface area contributed by atoms with Gasteiger partial charge < -0.3 is 55.0 Å². The third kappa shape index (κ3) is 87.7. The molecule has 0 unspecified atom stereocenters. The van der Waals surface area contributed by atoms with Crippen LogP contribution in [0.25, 0.3) is 22.1 Å². The van der Waals surface area contributed by atoms with Gasteiger partial charge in [0.1, 0.15) is 0 Å². The van der Waals surface area contributed by atoms with E-state index in [4.69, 9.17) is 15.3 Å². The molecule has 0 aliphatic heterocycles. The monoisotopic (exact) mass is 1660 g/mol. The van der Waals surface area contributed by atoms with Crippen molar-refractivity contribution in [3.63, 3.8) is 0 Å². The number of carbonyl (C=O) groups excluding carboxylic acids is 3. The summed E-state index contributed by atoms with van der Waals surface area (Å²) in [6.45, 7) is 39.7. The fourth-order valence-corrected chi connectivity index (χ4v) is 8.39. The van der Waals surface area contributed by atoms with Crippen LogP contribution >= 0.6 is 0 Å². The molecule has 539 valence electrons. The Kier molecular flexibility index (Phi) is 61.2. The molecule has 0 amide bonds. The minimum Gasteiger partial charge on any atom is -0.550 e. The number of rotatable bonds is 30. The number of carboxylic acids is 6. The SMILES string of the molecule is CC(C)(C)CCCCCC(=O)O.CC(C)(C)CCCCCC(=O)O.CC(C)(C)CCCCCC(=O)O.CC(C)(C)CCCCCC(=O)[O-].CC(C)(C)CCCCCC(=O)[O-].CC(C)(C)CCCCCC(=O)[O-].[Au+3].[Au].c1ccc2[nH]cnc2c1.c1ccc2[nH]cnc2c1. The molecule has 2 aromatic carbocycles. The summed E-state index contributed by atoms with van der Waals surface area (Å²) in [5.41, 5.74) is 6.55. The molecular weight excluding hydrogens is 1530 g/mol. The minimum absolute atomic E-state index is 0. The van der Waals surface area contributed by atoms with Crippen LogP contribution < -0.4 is 15.3 Å². The maximum Gasteiger partial charge on any atom is 3.00 e. The number of nitrogens with zero attached hydrogens (tertiary/aromatic N) is 2. The Hall–Kier alpha value is -4.32. The van der Waals surface area contributed by atoms with Gasteiger partial charge in [0, 0.05) is 59.6 Å². The number of hydrogen-bond donors (Lipinski definition) is 5. The van der Waals surface area contributed by atoms with Gasteiger partial charge in [-0.05, 0) is 153 Å². The van der Waals surface area contributed by atoms with Crippen LogP contribution in [0.15, 0.2) is 61.2 Å². The number of para-hydroxylation sites is 4. The zero-order chi connectivity index (χ0) is 69.9. The van der Waals surface area contributed by atoms with Crippen LogP contribution in [0.1, 0.15) is 317 Å². The van der Waals surface area contributed by atoms with Crippen LogP contribution in [0, 0.1) is 32.5 Å². The van der Waals surface area contributed by atoms with Crippen molar-refractivity contribution in [1.82, 2.24) is 19.9 Å². The molecule has 0 saturated carbocycles. The van der Waals surface area contributed by atoms with Crippen LogP contribution in [0.2, 0.25) is 0 Å². The van der Waals surface area contributed by atoms with Gasteiger partial charge in [-0.2, -0.15) is 0 Å². The van der Waals surface area contributed by atoms with Crippen LogP contribution in [-0.4, -0.2) is 71.1 Å². The van der Waals surface area contributed by atoms with Crippen molar-refractivity contribution in [2.45, 2.75) is 317 Å². The van der Waals surface area contributed by atoms with Crippen molar-refractivity contribution in [2.75, 3.05) is 0 Å². The Labute approximate surface area is 589 Å². The molecule has 4 rings (SSSR count). The summed E-state index contributed by atoms with van der Waals surface area (Å²) >= 11 is 0. The van der Waals surface area contributed by atoms with Gasteiger partial charge in [0.2, 0.25) is 0 Å². The second-order valence-electron chi connectivity index (χ2n) is 30.9. The average molecular weight is 1660 g/mol. The van der Waals surface area contributed by atoms with Crippen LogP contribution in [0.3, 0.4) is 0 Å². The summed E-state index contributed by atoms with van der Waals surface area (Å²) in [6, 6.07) is 15.9. The quantitative estimate of drug-likeness (QED) is 0.0240. The van der Waals surface area contributed by atoms with Gasteiger partial charge in [0.25, 0.3) is 0 Å². The number of aliphatic carboxylic acids is 6. The van der Waals surface area contributed by atoms with Gasteiger partial charge in [0.15, 0.2) is 0 Å². The zero-order valence-electron chi connectivity index (χ0n) is 60.5. The first-order chi connectivity index (χ1) is 41.4. The van der Waals surface area contributed by atoms with E-state index in [1.54, 1.807) is 12.7 Å². The standard InChI is InChI=1S/6C10H20O2.2C7H6N2.2Au/c6*1-10(2,3)8-6-4-5-7-9(11)12;2*1-2-4-7-6(3-1)8-5-9-7;;/h6*4-8H2,1-3H3,(H,11,12);2*1-5H,(H,8,9);;/q;;;;;;;;;+3/p-3. The predicted octanol–water partition coefficient (Wildman–Crippen LogP) is 17.5. The van der Waals surface area contributed by atoms with Gasteiger partial charge in [-0.3, -0.25) is 14.4 Å². The summed E-state index contributed by atoms with van der Waals surface area (Å²) in [4.78, 5) is 74.8. The zero-order valence-corrected chi connectivity index (χ0v) is 64.8. The fourth-order valence-electron chi connectivity index (χ4n) is 8.39. The average Bonchev–Trinajstić information content (AvgIpc) is 1.90. The first-order valence-electron chi connectivity index (χ1n) is 33.4. The number of carboxylic acid groups (broad SMARTS) is 6. The molecule has 0 atom stereocenters. The van der Waals surface area contributed by atoms with Crippen molar-refractivity contribution in [3.8, 4) is 0 Å². The third-order valence-corrected chi connectivity index (χ3v) is 13.5. The van der Waals surface area contributed by atoms with Crippen LogP contribution in [-0.2, 0) is 73.5 Å². The molecule has 16 nitrogen and oxygen atoms in total. The van der Waals surface area contributed by atoms with E-state index in [2.05, 4.69) is 145 Å². The molecule has 0 spiro atoms. The maximum atomic E-state index is 10.2. The summed E-state index contributed by atoms with van der Waals surface area (Å²) in [5, 5.41) is 55.3. The first kappa shape index (κ1) is 98.7. The van der Waals surface area contributed by atoms with Crippen LogP contribution in [0.5, 0.6) is 0 Å². The predicted molar refractivity (Wildman–Crippen MR) is 365 cm³/mol. The van der Waals surface area contributed by atoms with Crippen LogP contribution in [0.4, 0.5) is 0 Å². The number of fused-ring (bicyclic) bond motifs is 2. The third-order valence-electron chi connectivity index (χ3n) is 13.5. The molecule has 92 heavy (non-hydrogen) atoms. The molecule has 1 radical (unpaired) electrons. The van der Waals surface area contributed by atoms with Gasteiger partial charge in [0.05, 0.1) is 34.7 Å². The maximum absolute atomic E-state index is 10.2. The van der Waals surface area contributed by atoms with E-state index in [1.165, 1.54) is 38.5 Å². The van der Waals surface area contributed by atoms with E-state index in [-0.39, 0.29) is 64.0 Å². The topological polar surface area (TPSA) is 290 Å². The van der Waals surface area contributed by atoms with E-state index in [0.717, 1.165) is 138 Å². The Balaban J connectivity index is -0.000000229. The summed E-state index contributed by atoms with van der Waals surface area (Å²) in [7, 11) is 0. The molecule has 2 aromatic heterocycles. The van der Waals surface area contributed by atoms with E-state index in [0.29, 0.717) is 51.8 Å². The molecule has 4 aromatic rings. The number of carbonyl (C=O) groups is 6. The number of hydrogen-bond acceptors (Lipinski definition) is 11.